The highest BCUT2D eigenvalue weighted by Gasteiger charge is 2.27. The number of benzene rings is 1. The molecular formula is C17H26N2O. The fourth-order valence-electron chi connectivity index (χ4n) is 3.04. The van der Waals surface area contributed by atoms with Gasteiger partial charge in [-0.05, 0) is 51.9 Å². The highest BCUT2D eigenvalue weighted by Crippen LogP contribution is 2.25. The lowest BCUT2D eigenvalue weighted by Crippen LogP contribution is -2.45. The zero-order valence-corrected chi connectivity index (χ0v) is 12.9. The number of carbonyl (C=O) groups is 1. The number of nitrogens with zero attached hydrogens (tertiary/aromatic N) is 1. The molecule has 3 nitrogen and oxygen atoms in total. The van der Waals surface area contributed by atoms with Crippen LogP contribution in [0.5, 0.6) is 0 Å². The minimum atomic E-state index is 0.0701. The smallest absolute Gasteiger partial charge is 0.251 e. The summed E-state index contributed by atoms with van der Waals surface area (Å²) in [5.74, 6) is 0.647. The Balaban J connectivity index is 1.99. The first-order valence-corrected chi connectivity index (χ1v) is 7.58. The molecule has 0 saturated heterocycles. The van der Waals surface area contributed by atoms with Crippen molar-refractivity contribution in [2.75, 3.05) is 20.6 Å². The number of aryl methyl sites for hydroxylation is 1. The lowest BCUT2D eigenvalue weighted by molar-refractivity contribution is 0.0895. The van der Waals surface area contributed by atoms with Crippen molar-refractivity contribution in [2.24, 2.45) is 5.92 Å². The molecule has 1 N–H and O–H groups in total. The van der Waals surface area contributed by atoms with Gasteiger partial charge in [-0.3, -0.25) is 4.79 Å². The third-order valence-electron chi connectivity index (χ3n) is 4.14. The van der Waals surface area contributed by atoms with Gasteiger partial charge in [0.05, 0.1) is 0 Å². The third kappa shape index (κ3) is 4.07. The van der Waals surface area contributed by atoms with Crippen LogP contribution in [0.2, 0.25) is 0 Å². The Morgan fingerprint density at radius 3 is 2.50 bits per heavy atom. The van der Waals surface area contributed by atoms with Crippen LogP contribution in [0.4, 0.5) is 0 Å². The average molecular weight is 274 g/mol. The lowest BCUT2D eigenvalue weighted by Gasteiger charge is -2.34. The zero-order chi connectivity index (χ0) is 14.5. The standard InChI is InChI=1S/C17H26N2O/c1-13-8-10-14(11-9-13)17(20)18-16-7-5-4-6-15(16)12-19(2)3/h8-11,15-16H,4-7,12H2,1-3H3,(H,18,20). The molecule has 0 spiro atoms. The van der Waals surface area contributed by atoms with E-state index in [2.05, 4.69) is 24.3 Å². The van der Waals surface area contributed by atoms with Crippen molar-refractivity contribution >= 4 is 5.91 Å². The number of rotatable bonds is 4. The van der Waals surface area contributed by atoms with E-state index < -0.39 is 0 Å². The summed E-state index contributed by atoms with van der Waals surface area (Å²) in [6.07, 6.45) is 4.84. The second-order valence-electron chi connectivity index (χ2n) is 6.25. The molecule has 110 valence electrons. The van der Waals surface area contributed by atoms with Crippen LogP contribution in [0.3, 0.4) is 0 Å². The molecule has 0 radical (unpaired) electrons. The van der Waals surface area contributed by atoms with Gasteiger partial charge < -0.3 is 10.2 Å². The molecule has 0 bridgehead atoms. The maximum absolute atomic E-state index is 12.3. The first kappa shape index (κ1) is 15.0. The molecule has 1 fully saturated rings. The number of carbonyl (C=O) groups excluding carboxylic acids is 1. The van der Waals surface area contributed by atoms with Crippen LogP contribution in [0.15, 0.2) is 24.3 Å². The lowest BCUT2D eigenvalue weighted by atomic mass is 9.84. The normalized spacial score (nSPS) is 22.8. The number of amides is 1. The minimum absolute atomic E-state index is 0.0701. The van der Waals surface area contributed by atoms with Gasteiger partial charge in [0.2, 0.25) is 0 Å². The van der Waals surface area contributed by atoms with Crippen molar-refractivity contribution in [3.63, 3.8) is 0 Å². The molecule has 1 amide bonds. The van der Waals surface area contributed by atoms with Crippen molar-refractivity contribution in [3.8, 4) is 0 Å². The Bertz CT molecular complexity index is 439. The van der Waals surface area contributed by atoms with Crippen LogP contribution in [0.1, 0.15) is 41.6 Å². The summed E-state index contributed by atoms with van der Waals surface area (Å²) in [6.45, 7) is 3.09. The molecule has 0 aromatic heterocycles. The van der Waals surface area contributed by atoms with Crippen molar-refractivity contribution < 1.29 is 4.79 Å². The maximum Gasteiger partial charge on any atom is 0.251 e. The van der Waals surface area contributed by atoms with E-state index in [0.717, 1.165) is 18.5 Å². The van der Waals surface area contributed by atoms with E-state index in [4.69, 9.17) is 0 Å². The monoisotopic (exact) mass is 274 g/mol. The van der Waals surface area contributed by atoms with Crippen LogP contribution < -0.4 is 5.32 Å². The van der Waals surface area contributed by atoms with Crippen LogP contribution >= 0.6 is 0 Å². The van der Waals surface area contributed by atoms with Crippen LogP contribution in [-0.2, 0) is 0 Å². The Morgan fingerprint density at radius 1 is 1.20 bits per heavy atom. The van der Waals surface area contributed by atoms with Gasteiger partial charge in [-0.2, -0.15) is 0 Å². The highest BCUT2D eigenvalue weighted by atomic mass is 16.1. The van der Waals surface area contributed by atoms with Gasteiger partial charge in [0.15, 0.2) is 0 Å². The summed E-state index contributed by atoms with van der Waals surface area (Å²) in [5, 5.41) is 3.24. The molecule has 1 aromatic carbocycles. The van der Waals surface area contributed by atoms with E-state index >= 15 is 0 Å². The van der Waals surface area contributed by atoms with Crippen molar-refractivity contribution in [3.05, 3.63) is 35.4 Å². The first-order valence-electron chi connectivity index (χ1n) is 7.58. The predicted molar refractivity (Wildman–Crippen MR) is 82.9 cm³/mol. The summed E-state index contributed by atoms with van der Waals surface area (Å²) in [4.78, 5) is 14.6. The first-order chi connectivity index (χ1) is 9.56. The van der Waals surface area contributed by atoms with Gasteiger partial charge in [-0.1, -0.05) is 30.5 Å². The van der Waals surface area contributed by atoms with Crippen LogP contribution in [0.25, 0.3) is 0 Å². The Labute approximate surface area is 122 Å². The summed E-state index contributed by atoms with van der Waals surface area (Å²) >= 11 is 0. The van der Waals surface area contributed by atoms with Crippen LogP contribution in [-0.4, -0.2) is 37.5 Å². The third-order valence-corrected chi connectivity index (χ3v) is 4.14. The predicted octanol–water partition coefficient (Wildman–Crippen LogP) is 2.85. The molecule has 1 aromatic rings. The van der Waals surface area contributed by atoms with E-state index in [1.165, 1.54) is 24.8 Å². The Kier molecular flexibility index (Phi) is 5.18. The number of hydrogen-bond acceptors (Lipinski definition) is 2. The second-order valence-corrected chi connectivity index (χ2v) is 6.25. The van der Waals surface area contributed by atoms with Gasteiger partial charge in [-0.25, -0.2) is 0 Å². The molecule has 1 saturated carbocycles. The fourth-order valence-corrected chi connectivity index (χ4v) is 3.04. The maximum atomic E-state index is 12.3. The molecule has 3 heteroatoms. The summed E-state index contributed by atoms with van der Waals surface area (Å²) in [7, 11) is 4.21. The topological polar surface area (TPSA) is 32.3 Å². The summed E-state index contributed by atoms with van der Waals surface area (Å²) in [5.41, 5.74) is 1.95. The molecule has 0 heterocycles. The van der Waals surface area contributed by atoms with Gasteiger partial charge in [-0.15, -0.1) is 0 Å². The highest BCUT2D eigenvalue weighted by molar-refractivity contribution is 5.94. The second kappa shape index (κ2) is 6.89. The number of nitrogens with one attached hydrogen (secondary N) is 1. The average Bonchev–Trinajstić information content (AvgIpc) is 2.41. The van der Waals surface area contributed by atoms with Crippen molar-refractivity contribution in [1.29, 1.82) is 0 Å². The molecule has 2 unspecified atom stereocenters. The Morgan fingerprint density at radius 2 is 1.85 bits per heavy atom. The molecule has 1 aliphatic carbocycles. The molecule has 20 heavy (non-hydrogen) atoms. The van der Waals surface area contributed by atoms with Crippen molar-refractivity contribution in [2.45, 2.75) is 38.6 Å². The van der Waals surface area contributed by atoms with Gasteiger partial charge in [0.25, 0.3) is 5.91 Å². The van der Waals surface area contributed by atoms with E-state index in [1.807, 2.05) is 31.2 Å². The van der Waals surface area contributed by atoms with Crippen molar-refractivity contribution in [1.82, 2.24) is 10.2 Å². The quantitative estimate of drug-likeness (QED) is 0.915. The largest absolute Gasteiger partial charge is 0.349 e. The molecular weight excluding hydrogens is 248 g/mol. The fraction of sp³-hybridized carbons (Fsp3) is 0.588. The SMILES string of the molecule is Cc1ccc(C(=O)NC2CCCCC2CN(C)C)cc1. The molecule has 2 atom stereocenters. The summed E-state index contributed by atoms with van der Waals surface area (Å²) in [6, 6.07) is 8.13. The van der Waals surface area contributed by atoms with E-state index in [9.17, 15) is 4.79 Å². The Hall–Kier alpha value is -1.35. The van der Waals surface area contributed by atoms with Crippen LogP contribution in [0, 0.1) is 12.8 Å². The van der Waals surface area contributed by atoms with Gasteiger partial charge >= 0.3 is 0 Å². The van der Waals surface area contributed by atoms with Gasteiger partial charge in [0, 0.05) is 18.2 Å². The summed E-state index contributed by atoms with van der Waals surface area (Å²) < 4.78 is 0. The van der Waals surface area contributed by atoms with E-state index in [1.54, 1.807) is 0 Å². The van der Waals surface area contributed by atoms with E-state index in [0.29, 0.717) is 12.0 Å². The molecule has 2 rings (SSSR count). The molecule has 1 aliphatic rings. The number of hydrogen-bond donors (Lipinski definition) is 1. The zero-order valence-electron chi connectivity index (χ0n) is 12.9. The minimum Gasteiger partial charge on any atom is -0.349 e. The van der Waals surface area contributed by atoms with E-state index in [-0.39, 0.29) is 5.91 Å². The van der Waals surface area contributed by atoms with Gasteiger partial charge in [0.1, 0.15) is 0 Å². The molecule has 0 aliphatic heterocycles.